The molecule has 1 heterocycles. The molecule has 0 saturated heterocycles. The molecular formula is C13H12O5. The van der Waals surface area contributed by atoms with Gasteiger partial charge in [0.15, 0.2) is 6.10 Å². The fraction of sp³-hybridized carbons (Fsp3) is 0.231. The molecular weight excluding hydrogens is 236 g/mol. The summed E-state index contributed by atoms with van der Waals surface area (Å²) < 4.78 is 9.51. The molecule has 1 aliphatic heterocycles. The Morgan fingerprint density at radius 2 is 2.06 bits per heavy atom. The van der Waals surface area contributed by atoms with Crippen molar-refractivity contribution < 1.29 is 24.2 Å². The zero-order chi connectivity index (χ0) is 13.2. The molecule has 0 unspecified atom stereocenters. The summed E-state index contributed by atoms with van der Waals surface area (Å²) in [6.07, 6.45) is 1.42. The zero-order valence-electron chi connectivity index (χ0n) is 9.70. The molecule has 94 valence electrons. The lowest BCUT2D eigenvalue weighted by atomic mass is 9.88. The van der Waals surface area contributed by atoms with Gasteiger partial charge in [-0.2, -0.15) is 0 Å². The van der Waals surface area contributed by atoms with Crippen LogP contribution >= 0.6 is 0 Å². The highest BCUT2D eigenvalue weighted by Gasteiger charge is 2.49. The van der Waals surface area contributed by atoms with E-state index in [0.29, 0.717) is 5.56 Å². The van der Waals surface area contributed by atoms with E-state index in [2.05, 4.69) is 4.74 Å². The van der Waals surface area contributed by atoms with Crippen LogP contribution in [0.2, 0.25) is 0 Å². The molecule has 1 N–H and O–H groups in total. The number of cyclic esters (lactones) is 1. The Hall–Kier alpha value is -2.14. The van der Waals surface area contributed by atoms with Gasteiger partial charge < -0.3 is 14.6 Å². The average molecular weight is 248 g/mol. The van der Waals surface area contributed by atoms with Crippen molar-refractivity contribution in [2.24, 2.45) is 0 Å². The van der Waals surface area contributed by atoms with Crippen molar-refractivity contribution >= 4 is 11.9 Å². The first-order valence-electron chi connectivity index (χ1n) is 5.34. The minimum absolute atomic E-state index is 0.307. The molecule has 0 amide bonds. The van der Waals surface area contributed by atoms with E-state index in [1.807, 2.05) is 0 Å². The summed E-state index contributed by atoms with van der Waals surface area (Å²) in [6.45, 7) is 0. The minimum atomic E-state index is -2.03. The average Bonchev–Trinajstić information content (AvgIpc) is 2.85. The molecule has 0 aromatic heterocycles. The molecule has 1 aromatic carbocycles. The molecule has 0 radical (unpaired) electrons. The summed E-state index contributed by atoms with van der Waals surface area (Å²) in [5.74, 6) is -1.48. The van der Waals surface area contributed by atoms with Gasteiger partial charge in [0.25, 0.3) is 0 Å². The van der Waals surface area contributed by atoms with E-state index in [4.69, 9.17) is 4.74 Å². The zero-order valence-corrected chi connectivity index (χ0v) is 9.70. The number of ether oxygens (including phenoxy) is 2. The molecule has 0 aliphatic carbocycles. The number of carbonyl (C=O) groups is 2. The smallest absolute Gasteiger partial charge is 0.346 e. The number of hydrogen-bond acceptors (Lipinski definition) is 5. The molecule has 1 aromatic rings. The Morgan fingerprint density at radius 3 is 2.56 bits per heavy atom. The van der Waals surface area contributed by atoms with Gasteiger partial charge in [0.05, 0.1) is 7.11 Å². The predicted molar refractivity (Wildman–Crippen MR) is 61.4 cm³/mol. The highest BCUT2D eigenvalue weighted by molar-refractivity contribution is 5.88. The number of esters is 2. The number of carbonyl (C=O) groups excluding carboxylic acids is 2. The highest BCUT2D eigenvalue weighted by Crippen LogP contribution is 2.31. The van der Waals surface area contributed by atoms with Gasteiger partial charge in [0.1, 0.15) is 0 Å². The van der Waals surface area contributed by atoms with Crippen molar-refractivity contribution in [3.05, 3.63) is 48.0 Å². The number of benzene rings is 1. The molecule has 0 saturated carbocycles. The summed E-state index contributed by atoms with van der Waals surface area (Å²) in [5, 5.41) is 10.6. The third-order valence-corrected chi connectivity index (χ3v) is 2.77. The molecule has 1 aliphatic rings. The van der Waals surface area contributed by atoms with Gasteiger partial charge in [-0.3, -0.25) is 0 Å². The van der Waals surface area contributed by atoms with E-state index in [1.54, 1.807) is 30.3 Å². The second-order valence-corrected chi connectivity index (χ2v) is 3.84. The van der Waals surface area contributed by atoms with E-state index >= 15 is 0 Å². The topological polar surface area (TPSA) is 72.8 Å². The fourth-order valence-corrected chi connectivity index (χ4v) is 1.84. The molecule has 18 heavy (non-hydrogen) atoms. The fourth-order valence-electron chi connectivity index (χ4n) is 1.84. The van der Waals surface area contributed by atoms with Gasteiger partial charge >= 0.3 is 11.9 Å². The van der Waals surface area contributed by atoms with Gasteiger partial charge in [0, 0.05) is 6.08 Å². The van der Waals surface area contributed by atoms with Crippen LogP contribution in [0, 0.1) is 0 Å². The third kappa shape index (κ3) is 1.89. The minimum Gasteiger partial charge on any atom is -0.467 e. The van der Waals surface area contributed by atoms with Crippen LogP contribution in [0.3, 0.4) is 0 Å². The molecule has 2 rings (SSSR count). The lowest BCUT2D eigenvalue weighted by Gasteiger charge is -2.29. The van der Waals surface area contributed by atoms with Crippen LogP contribution in [0.15, 0.2) is 42.5 Å². The first-order chi connectivity index (χ1) is 8.59. The van der Waals surface area contributed by atoms with Crippen molar-refractivity contribution in [3.8, 4) is 0 Å². The van der Waals surface area contributed by atoms with Crippen LogP contribution in [-0.2, 0) is 24.7 Å². The lowest BCUT2D eigenvalue weighted by Crippen LogP contribution is -2.47. The van der Waals surface area contributed by atoms with Crippen LogP contribution in [0.25, 0.3) is 0 Å². The number of rotatable bonds is 3. The standard InChI is InChI=1S/C13H12O5/c1-17-12(15)13(16,9-5-3-2-4-6-9)10-7-8-11(14)18-10/h2-8,10,16H,1H3/t10-,13-/m1/s1. The van der Waals surface area contributed by atoms with Gasteiger partial charge in [-0.15, -0.1) is 0 Å². The van der Waals surface area contributed by atoms with Gasteiger partial charge in [-0.05, 0) is 11.6 Å². The van der Waals surface area contributed by atoms with Crippen LogP contribution in [0.1, 0.15) is 5.56 Å². The maximum atomic E-state index is 11.8. The van der Waals surface area contributed by atoms with Crippen molar-refractivity contribution in [1.82, 2.24) is 0 Å². The SMILES string of the molecule is COC(=O)[C@@](O)(c1ccccc1)[C@H]1C=CC(=O)O1. The van der Waals surface area contributed by atoms with Crippen LogP contribution < -0.4 is 0 Å². The molecule has 0 fully saturated rings. The summed E-state index contributed by atoms with van der Waals surface area (Å²) in [4.78, 5) is 22.9. The van der Waals surface area contributed by atoms with Crippen LogP contribution in [-0.4, -0.2) is 30.3 Å². The van der Waals surface area contributed by atoms with Gasteiger partial charge in [-0.1, -0.05) is 30.3 Å². The van der Waals surface area contributed by atoms with Crippen molar-refractivity contribution in [2.75, 3.05) is 7.11 Å². The summed E-state index contributed by atoms with van der Waals surface area (Å²) in [5.41, 5.74) is -1.72. The van der Waals surface area contributed by atoms with Crippen molar-refractivity contribution in [2.45, 2.75) is 11.7 Å². The van der Waals surface area contributed by atoms with E-state index in [9.17, 15) is 14.7 Å². The third-order valence-electron chi connectivity index (χ3n) is 2.77. The monoisotopic (exact) mass is 248 g/mol. The molecule has 5 heteroatoms. The molecule has 5 nitrogen and oxygen atoms in total. The summed E-state index contributed by atoms with van der Waals surface area (Å²) >= 11 is 0. The number of hydrogen-bond donors (Lipinski definition) is 1. The highest BCUT2D eigenvalue weighted by atomic mass is 16.6. The van der Waals surface area contributed by atoms with Crippen LogP contribution in [0.4, 0.5) is 0 Å². The Labute approximate surface area is 104 Å². The first-order valence-corrected chi connectivity index (χ1v) is 5.34. The van der Waals surface area contributed by atoms with Gasteiger partial charge in [0.2, 0.25) is 5.60 Å². The molecule has 0 bridgehead atoms. The van der Waals surface area contributed by atoms with Crippen molar-refractivity contribution in [1.29, 1.82) is 0 Å². The Bertz CT molecular complexity index is 493. The summed E-state index contributed by atoms with van der Waals surface area (Å²) in [6, 6.07) is 8.22. The maximum absolute atomic E-state index is 11.8. The van der Waals surface area contributed by atoms with Crippen LogP contribution in [0.5, 0.6) is 0 Å². The maximum Gasteiger partial charge on any atom is 0.346 e. The van der Waals surface area contributed by atoms with Crippen molar-refractivity contribution in [3.63, 3.8) is 0 Å². The van der Waals surface area contributed by atoms with E-state index < -0.39 is 23.6 Å². The number of methoxy groups -OCH3 is 1. The second kappa shape index (κ2) is 4.62. The van der Waals surface area contributed by atoms with E-state index in [0.717, 1.165) is 7.11 Å². The van der Waals surface area contributed by atoms with E-state index in [1.165, 1.54) is 12.2 Å². The molecule has 0 spiro atoms. The Balaban J connectivity index is 2.45. The predicted octanol–water partition coefficient (Wildman–Crippen LogP) is 0.529. The Morgan fingerprint density at radius 1 is 1.39 bits per heavy atom. The summed E-state index contributed by atoms with van der Waals surface area (Å²) in [7, 11) is 1.16. The normalized spacial score (nSPS) is 21.2. The first kappa shape index (κ1) is 12.3. The Kier molecular flexibility index (Phi) is 3.16. The lowest BCUT2D eigenvalue weighted by molar-refractivity contribution is -0.179. The second-order valence-electron chi connectivity index (χ2n) is 3.84. The molecule has 2 atom stereocenters. The largest absolute Gasteiger partial charge is 0.467 e. The number of aliphatic hydroxyl groups is 1. The van der Waals surface area contributed by atoms with Gasteiger partial charge in [-0.25, -0.2) is 9.59 Å². The quantitative estimate of drug-likeness (QED) is 0.790. The van der Waals surface area contributed by atoms with E-state index in [-0.39, 0.29) is 0 Å².